The van der Waals surface area contributed by atoms with Crippen molar-refractivity contribution in [1.29, 1.82) is 0 Å². The van der Waals surface area contributed by atoms with Crippen LogP contribution in [0.5, 0.6) is 0 Å². The molecule has 1 rings (SSSR count). The van der Waals surface area contributed by atoms with E-state index in [0.717, 1.165) is 11.8 Å². The van der Waals surface area contributed by atoms with Crippen molar-refractivity contribution >= 4 is 0 Å². The molecule has 0 heteroatoms. The second-order valence-electron chi connectivity index (χ2n) is 6.43. The van der Waals surface area contributed by atoms with Gasteiger partial charge in [-0.3, -0.25) is 0 Å². The number of allylic oxidation sites excluding steroid dienone is 4. The predicted octanol–water partition coefficient (Wildman–Crippen LogP) is 5.75. The van der Waals surface area contributed by atoms with Gasteiger partial charge in [0.15, 0.2) is 0 Å². The highest BCUT2D eigenvalue weighted by Gasteiger charge is 2.32. The molecule has 0 aliphatic heterocycles. The zero-order chi connectivity index (χ0) is 12.9. The topological polar surface area (TPSA) is 0 Å². The molecule has 0 fully saturated rings. The highest BCUT2D eigenvalue weighted by molar-refractivity contribution is 5.04. The molecule has 0 heterocycles. The summed E-state index contributed by atoms with van der Waals surface area (Å²) in [6, 6.07) is 0. The minimum atomic E-state index is 0.447. The normalized spacial score (nSPS) is 27.6. The molecule has 98 valence electrons. The summed E-state index contributed by atoms with van der Waals surface area (Å²) in [6.07, 6.45) is 13.9. The zero-order valence-corrected chi connectivity index (χ0v) is 12.4. The Morgan fingerprint density at radius 1 is 1.35 bits per heavy atom. The molecule has 3 atom stereocenters. The van der Waals surface area contributed by atoms with Crippen LogP contribution in [0.4, 0.5) is 0 Å². The minimum Gasteiger partial charge on any atom is -0.0880 e. The lowest BCUT2D eigenvalue weighted by molar-refractivity contribution is 0.170. The largest absolute Gasteiger partial charge is 0.0880 e. The maximum atomic E-state index is 2.48. The van der Waals surface area contributed by atoms with Crippen molar-refractivity contribution in [1.82, 2.24) is 0 Å². The van der Waals surface area contributed by atoms with Crippen LogP contribution >= 0.6 is 0 Å². The van der Waals surface area contributed by atoms with E-state index in [1.807, 2.05) is 0 Å². The van der Waals surface area contributed by atoms with Gasteiger partial charge in [-0.15, -0.1) is 0 Å². The SMILES string of the molecule is CC(C)=CCC[C@@H](C)C(C)C1(C)C=CCCC1. The van der Waals surface area contributed by atoms with Gasteiger partial charge in [0.05, 0.1) is 0 Å². The molecule has 0 radical (unpaired) electrons. The van der Waals surface area contributed by atoms with Crippen molar-refractivity contribution in [2.24, 2.45) is 17.3 Å². The number of hydrogen-bond acceptors (Lipinski definition) is 0. The zero-order valence-electron chi connectivity index (χ0n) is 12.4. The second kappa shape index (κ2) is 6.42. The van der Waals surface area contributed by atoms with Gasteiger partial charge in [-0.1, -0.05) is 44.6 Å². The summed E-state index contributed by atoms with van der Waals surface area (Å²) in [5.74, 6) is 1.61. The van der Waals surface area contributed by atoms with Crippen LogP contribution in [0.25, 0.3) is 0 Å². The maximum Gasteiger partial charge on any atom is -0.0118 e. The van der Waals surface area contributed by atoms with Crippen LogP contribution in [-0.2, 0) is 0 Å². The predicted molar refractivity (Wildman–Crippen MR) is 78.1 cm³/mol. The Balaban J connectivity index is 2.50. The molecule has 0 spiro atoms. The molecule has 0 saturated heterocycles. The molecule has 0 amide bonds. The molecule has 0 N–H and O–H groups in total. The summed E-state index contributed by atoms with van der Waals surface area (Å²) in [4.78, 5) is 0. The fraction of sp³-hybridized carbons (Fsp3) is 0.765. The fourth-order valence-corrected chi connectivity index (χ4v) is 2.95. The van der Waals surface area contributed by atoms with Gasteiger partial charge >= 0.3 is 0 Å². The van der Waals surface area contributed by atoms with Gasteiger partial charge in [-0.2, -0.15) is 0 Å². The molecular formula is C17H30. The molecule has 0 aromatic carbocycles. The third kappa shape index (κ3) is 4.33. The van der Waals surface area contributed by atoms with Gasteiger partial charge in [0.25, 0.3) is 0 Å². The quantitative estimate of drug-likeness (QED) is 0.531. The van der Waals surface area contributed by atoms with Gasteiger partial charge in [0, 0.05) is 0 Å². The van der Waals surface area contributed by atoms with Crippen molar-refractivity contribution in [3.8, 4) is 0 Å². The third-order valence-electron chi connectivity index (χ3n) is 4.65. The van der Waals surface area contributed by atoms with E-state index in [9.17, 15) is 0 Å². The fourth-order valence-electron chi connectivity index (χ4n) is 2.95. The molecule has 0 saturated carbocycles. The van der Waals surface area contributed by atoms with Crippen LogP contribution in [-0.4, -0.2) is 0 Å². The summed E-state index contributed by atoms with van der Waals surface area (Å²) in [5.41, 5.74) is 1.90. The first-order valence-corrected chi connectivity index (χ1v) is 7.27. The van der Waals surface area contributed by atoms with Crippen LogP contribution in [0.1, 0.15) is 66.7 Å². The van der Waals surface area contributed by atoms with Gasteiger partial charge in [0.2, 0.25) is 0 Å². The van der Waals surface area contributed by atoms with Crippen molar-refractivity contribution < 1.29 is 0 Å². The standard InChI is InChI=1S/C17H30/c1-14(2)10-9-11-15(3)16(4)17(5)12-7-6-8-13-17/h7,10,12,15-16H,6,8-9,11,13H2,1-5H3/t15-,16?,17?/m1/s1. The minimum absolute atomic E-state index is 0.447. The molecule has 1 aliphatic rings. The van der Waals surface area contributed by atoms with E-state index in [1.54, 1.807) is 0 Å². The van der Waals surface area contributed by atoms with E-state index >= 15 is 0 Å². The lowest BCUT2D eigenvalue weighted by Crippen LogP contribution is -2.29. The van der Waals surface area contributed by atoms with Crippen molar-refractivity contribution in [3.05, 3.63) is 23.8 Å². The van der Waals surface area contributed by atoms with Crippen LogP contribution in [0.3, 0.4) is 0 Å². The Morgan fingerprint density at radius 3 is 2.59 bits per heavy atom. The highest BCUT2D eigenvalue weighted by atomic mass is 14.4. The van der Waals surface area contributed by atoms with E-state index < -0.39 is 0 Å². The molecule has 0 nitrogen and oxygen atoms in total. The molecular weight excluding hydrogens is 204 g/mol. The van der Waals surface area contributed by atoms with Crippen LogP contribution in [0.2, 0.25) is 0 Å². The summed E-state index contributed by atoms with van der Waals surface area (Å²) < 4.78 is 0. The Kier molecular flexibility index (Phi) is 5.49. The molecule has 17 heavy (non-hydrogen) atoms. The lowest BCUT2D eigenvalue weighted by Gasteiger charge is -2.38. The molecule has 0 aromatic heterocycles. The first kappa shape index (κ1) is 14.5. The van der Waals surface area contributed by atoms with Crippen molar-refractivity contribution in [2.75, 3.05) is 0 Å². The lowest BCUT2D eigenvalue weighted by atomic mass is 9.66. The average molecular weight is 234 g/mol. The molecule has 0 bridgehead atoms. The Morgan fingerprint density at radius 2 is 2.06 bits per heavy atom. The molecule has 2 unspecified atom stereocenters. The van der Waals surface area contributed by atoms with E-state index in [-0.39, 0.29) is 0 Å². The van der Waals surface area contributed by atoms with Crippen LogP contribution in [0, 0.1) is 17.3 Å². The van der Waals surface area contributed by atoms with E-state index in [4.69, 9.17) is 0 Å². The van der Waals surface area contributed by atoms with Crippen molar-refractivity contribution in [3.63, 3.8) is 0 Å². The summed E-state index contributed by atoms with van der Waals surface area (Å²) in [6.45, 7) is 11.7. The van der Waals surface area contributed by atoms with Gasteiger partial charge in [0.1, 0.15) is 0 Å². The summed E-state index contributed by atoms with van der Waals surface area (Å²) in [7, 11) is 0. The van der Waals surface area contributed by atoms with Gasteiger partial charge in [-0.05, 0) is 63.2 Å². The Bertz CT molecular complexity index is 280. The van der Waals surface area contributed by atoms with Gasteiger partial charge < -0.3 is 0 Å². The van der Waals surface area contributed by atoms with Crippen LogP contribution in [0.15, 0.2) is 23.8 Å². The summed E-state index contributed by atoms with van der Waals surface area (Å²) >= 11 is 0. The van der Waals surface area contributed by atoms with E-state index in [2.05, 4.69) is 52.8 Å². The number of rotatable bonds is 5. The van der Waals surface area contributed by atoms with Crippen molar-refractivity contribution in [2.45, 2.75) is 66.7 Å². The van der Waals surface area contributed by atoms with E-state index in [0.29, 0.717) is 5.41 Å². The van der Waals surface area contributed by atoms with Gasteiger partial charge in [-0.25, -0.2) is 0 Å². The average Bonchev–Trinajstić information content (AvgIpc) is 2.28. The smallest absolute Gasteiger partial charge is 0.0118 e. The monoisotopic (exact) mass is 234 g/mol. The third-order valence-corrected chi connectivity index (χ3v) is 4.65. The Hall–Kier alpha value is -0.520. The first-order valence-electron chi connectivity index (χ1n) is 7.27. The molecule has 0 aromatic rings. The summed E-state index contributed by atoms with van der Waals surface area (Å²) in [5, 5.41) is 0. The van der Waals surface area contributed by atoms with Crippen LogP contribution < -0.4 is 0 Å². The highest BCUT2D eigenvalue weighted by Crippen LogP contribution is 2.42. The van der Waals surface area contributed by atoms with E-state index in [1.165, 1.54) is 37.7 Å². The maximum absolute atomic E-state index is 2.48. The Labute approximate surface area is 108 Å². The first-order chi connectivity index (χ1) is 7.96. The molecule has 1 aliphatic carbocycles. The number of hydrogen-bond donors (Lipinski definition) is 0. The second-order valence-corrected chi connectivity index (χ2v) is 6.43.